The minimum absolute atomic E-state index is 0.0110. The number of aliphatic hydroxyl groups is 1. The molecule has 310 valence electrons. The fourth-order valence-corrected chi connectivity index (χ4v) is 8.11. The van der Waals surface area contributed by atoms with Gasteiger partial charge in [-0.15, -0.1) is 0 Å². The third kappa shape index (κ3) is 8.77. The van der Waals surface area contributed by atoms with E-state index in [9.17, 15) is 19.8 Å². The van der Waals surface area contributed by atoms with Crippen molar-refractivity contribution in [2.75, 3.05) is 80.2 Å². The number of piperidine rings is 1. The Kier molecular flexibility index (Phi) is 12.8. The number of hydrogen-bond acceptors (Lipinski definition) is 12. The molecule has 3 heterocycles. The van der Waals surface area contributed by atoms with Crippen molar-refractivity contribution in [3.8, 4) is 34.5 Å². The Morgan fingerprint density at radius 1 is 0.672 bits per heavy atom. The van der Waals surface area contributed by atoms with E-state index in [0.717, 1.165) is 17.5 Å². The maximum atomic E-state index is 13.9. The van der Waals surface area contributed by atoms with Gasteiger partial charge in [0.05, 0.1) is 46.7 Å². The molecule has 1 fully saturated rings. The predicted octanol–water partition coefficient (Wildman–Crippen LogP) is 5.88. The summed E-state index contributed by atoms with van der Waals surface area (Å²) in [6, 6.07) is 13.5. The van der Waals surface area contributed by atoms with E-state index in [0.29, 0.717) is 65.1 Å². The van der Waals surface area contributed by atoms with Crippen LogP contribution in [0.1, 0.15) is 58.2 Å². The summed E-state index contributed by atoms with van der Waals surface area (Å²) in [7, 11) is 3.03. The van der Waals surface area contributed by atoms with E-state index in [1.165, 1.54) is 14.2 Å². The van der Waals surface area contributed by atoms with Crippen molar-refractivity contribution in [1.82, 2.24) is 9.80 Å². The van der Waals surface area contributed by atoms with Gasteiger partial charge in [0.2, 0.25) is 0 Å². The van der Waals surface area contributed by atoms with Gasteiger partial charge in [-0.1, -0.05) is 0 Å². The second-order valence-corrected chi connectivity index (χ2v) is 14.6. The number of methoxy groups -OCH3 is 2. The Balaban J connectivity index is 0.984. The Morgan fingerprint density at radius 2 is 1.24 bits per heavy atom. The van der Waals surface area contributed by atoms with Crippen molar-refractivity contribution >= 4 is 11.8 Å². The number of benzene rings is 3. The highest BCUT2D eigenvalue weighted by Crippen LogP contribution is 2.40. The van der Waals surface area contributed by atoms with Crippen LogP contribution in [0.5, 0.6) is 34.5 Å². The number of phenols is 1. The molecule has 0 unspecified atom stereocenters. The molecule has 0 aromatic heterocycles. The van der Waals surface area contributed by atoms with Gasteiger partial charge < -0.3 is 57.9 Å². The molecule has 0 saturated carbocycles. The van der Waals surface area contributed by atoms with Gasteiger partial charge in [-0.3, -0.25) is 9.59 Å². The second kappa shape index (κ2) is 18.3. The monoisotopic (exact) mass is 800 g/mol. The number of phenolic OH excluding ortho intramolecular Hbond substituents is 1. The van der Waals surface area contributed by atoms with Crippen LogP contribution in [0.2, 0.25) is 0 Å². The standard InChI is InChI=1S/C44H52N2O12/c1-27-33-25-39(51-3)35(47)21-29(33)9-11-45(27)43(49)31-5-7-37-41(23-31)57-19-15-54-16-20-58-42-24-32(6-8-38(42)56-18-14-53-13-17-55-37)44(50)46-12-10-30-22-36(48)40(52-4)26-34(30)28(46)2/h5-8,21-29,33,47-48H,9-20H2,1-4H3/t27-,28+,29-,33-/m0/s1. The maximum absolute atomic E-state index is 13.9. The van der Waals surface area contributed by atoms with Gasteiger partial charge in [0.15, 0.2) is 46.0 Å². The zero-order chi connectivity index (χ0) is 40.8. The molecule has 2 amide bonds. The lowest BCUT2D eigenvalue weighted by Crippen LogP contribution is -2.50. The summed E-state index contributed by atoms with van der Waals surface area (Å²) in [4.78, 5) is 31.5. The predicted molar refractivity (Wildman–Crippen MR) is 212 cm³/mol. The largest absolute Gasteiger partial charge is 0.504 e. The number of ether oxygens (including phenoxy) is 8. The van der Waals surface area contributed by atoms with E-state index < -0.39 is 0 Å². The minimum atomic E-state index is -0.242. The lowest BCUT2D eigenvalue weighted by atomic mass is 9.77. The first-order chi connectivity index (χ1) is 28.2. The number of likely N-dealkylation sites (tertiary alicyclic amines) is 1. The van der Waals surface area contributed by atoms with Crippen molar-refractivity contribution in [1.29, 1.82) is 0 Å². The van der Waals surface area contributed by atoms with E-state index in [1.54, 1.807) is 53.4 Å². The van der Waals surface area contributed by atoms with Gasteiger partial charge >= 0.3 is 0 Å². The lowest BCUT2D eigenvalue weighted by molar-refractivity contribution is 0.0499. The first-order valence-corrected chi connectivity index (χ1v) is 19.8. The first kappa shape index (κ1) is 40.6. The summed E-state index contributed by atoms with van der Waals surface area (Å²) in [6.45, 7) is 6.90. The summed E-state index contributed by atoms with van der Waals surface area (Å²) in [6.07, 6.45) is 5.06. The fourth-order valence-electron chi connectivity index (χ4n) is 8.11. The summed E-state index contributed by atoms with van der Waals surface area (Å²) >= 11 is 0. The summed E-state index contributed by atoms with van der Waals surface area (Å²) in [5.74, 6) is 2.65. The van der Waals surface area contributed by atoms with Crippen molar-refractivity contribution in [2.45, 2.75) is 38.8 Å². The average Bonchev–Trinajstić information content (AvgIpc) is 3.22. The van der Waals surface area contributed by atoms with E-state index in [-0.39, 0.29) is 100 Å². The third-order valence-electron chi connectivity index (χ3n) is 11.3. The number of fused-ring (bicyclic) bond motifs is 4. The normalized spacial score (nSPS) is 22.8. The fraction of sp³-hybridized carbons (Fsp3) is 0.455. The Labute approximate surface area is 338 Å². The van der Waals surface area contributed by atoms with Gasteiger partial charge in [0.1, 0.15) is 26.4 Å². The van der Waals surface area contributed by atoms with Gasteiger partial charge in [-0.2, -0.15) is 0 Å². The minimum Gasteiger partial charge on any atom is -0.504 e. The van der Waals surface area contributed by atoms with Crippen LogP contribution in [0, 0.1) is 11.8 Å². The molecule has 7 rings (SSSR count). The van der Waals surface area contributed by atoms with Crippen LogP contribution in [-0.2, 0) is 20.6 Å². The summed E-state index contributed by atoms with van der Waals surface area (Å²) < 4.78 is 46.7. The Morgan fingerprint density at radius 3 is 1.81 bits per heavy atom. The number of rotatable bonds is 4. The lowest BCUT2D eigenvalue weighted by Gasteiger charge is -2.43. The van der Waals surface area contributed by atoms with Crippen LogP contribution in [0.4, 0.5) is 0 Å². The molecule has 4 aliphatic rings. The smallest absolute Gasteiger partial charge is 0.254 e. The number of hydrogen-bond donors (Lipinski definition) is 2. The molecule has 0 spiro atoms. The number of amides is 2. The molecule has 58 heavy (non-hydrogen) atoms. The van der Waals surface area contributed by atoms with Gasteiger partial charge in [-0.25, -0.2) is 0 Å². The summed E-state index contributed by atoms with van der Waals surface area (Å²) in [5, 5.41) is 20.6. The molecule has 0 bridgehead atoms. The topological polar surface area (TPSA) is 155 Å². The van der Waals surface area contributed by atoms with Crippen LogP contribution >= 0.6 is 0 Å². The Bertz CT molecular complexity index is 2030. The number of aromatic hydroxyl groups is 1. The van der Waals surface area contributed by atoms with Crippen molar-refractivity contribution < 1.29 is 57.7 Å². The van der Waals surface area contributed by atoms with Crippen LogP contribution in [0.3, 0.4) is 0 Å². The Hall–Kier alpha value is -5.60. The van der Waals surface area contributed by atoms with Crippen LogP contribution in [0.15, 0.2) is 72.2 Å². The van der Waals surface area contributed by atoms with Gasteiger partial charge in [-0.05, 0) is 104 Å². The average molecular weight is 801 g/mol. The van der Waals surface area contributed by atoms with Crippen molar-refractivity contribution in [3.63, 3.8) is 0 Å². The van der Waals surface area contributed by atoms with Crippen molar-refractivity contribution in [2.24, 2.45) is 11.8 Å². The number of nitrogens with zero attached hydrogens (tertiary/aromatic N) is 2. The van der Waals surface area contributed by atoms with Crippen LogP contribution in [-0.4, -0.2) is 118 Å². The highest BCUT2D eigenvalue weighted by atomic mass is 16.6. The maximum Gasteiger partial charge on any atom is 0.254 e. The molecule has 1 saturated heterocycles. The molecule has 14 heteroatoms. The highest BCUT2D eigenvalue weighted by molar-refractivity contribution is 5.96. The molecule has 0 radical (unpaired) electrons. The summed E-state index contributed by atoms with van der Waals surface area (Å²) in [5.41, 5.74) is 2.84. The SMILES string of the molecule is COC1=C[C@@H]2[C@H](C=C1O)CCN(C(=O)c1ccc3c(c1)OCCOCCOc1cc(C(=O)N4CCc5cc(O)c(OC)cc5[C@H]4C)ccc1OCCOCCO3)[C@H]2C. The van der Waals surface area contributed by atoms with Gasteiger partial charge in [0.25, 0.3) is 11.8 Å². The van der Waals surface area contributed by atoms with Gasteiger partial charge in [0, 0.05) is 36.2 Å². The quantitative estimate of drug-likeness (QED) is 0.324. The number of carbonyl (C=O) groups is 2. The first-order valence-electron chi connectivity index (χ1n) is 19.8. The molecule has 2 N–H and O–H groups in total. The number of carbonyl (C=O) groups excluding carboxylic acids is 2. The van der Waals surface area contributed by atoms with E-state index in [4.69, 9.17) is 37.9 Å². The van der Waals surface area contributed by atoms with Crippen molar-refractivity contribution in [3.05, 3.63) is 94.5 Å². The van der Waals surface area contributed by atoms with Crippen LogP contribution in [0.25, 0.3) is 0 Å². The molecular weight excluding hydrogens is 748 g/mol. The van der Waals surface area contributed by atoms with Crippen LogP contribution < -0.4 is 23.7 Å². The second-order valence-electron chi connectivity index (χ2n) is 14.6. The number of allylic oxidation sites excluding steroid dienone is 1. The highest BCUT2D eigenvalue weighted by Gasteiger charge is 2.39. The molecule has 14 nitrogen and oxygen atoms in total. The molecule has 3 aromatic rings. The van der Waals surface area contributed by atoms with E-state index >= 15 is 0 Å². The third-order valence-corrected chi connectivity index (χ3v) is 11.3. The van der Waals surface area contributed by atoms with E-state index in [1.807, 2.05) is 30.9 Å². The zero-order valence-corrected chi connectivity index (χ0v) is 33.4. The molecule has 1 aliphatic carbocycles. The molecule has 3 aromatic carbocycles. The van der Waals surface area contributed by atoms with E-state index in [2.05, 4.69) is 0 Å². The zero-order valence-electron chi connectivity index (χ0n) is 33.4. The molecular formula is C44H52N2O12. The molecule has 4 atom stereocenters. The molecule has 3 aliphatic heterocycles. The number of aliphatic hydroxyl groups excluding tert-OH is 1.